The fraction of sp³-hybridized carbons (Fsp3) is 0.333. The van der Waals surface area contributed by atoms with Gasteiger partial charge in [-0.05, 0) is 73.0 Å². The van der Waals surface area contributed by atoms with Crippen LogP contribution in [0.4, 0.5) is 31.1 Å². The topological polar surface area (TPSA) is 81.5 Å². The molecule has 0 spiro atoms. The molecule has 0 unspecified atom stereocenters. The summed E-state index contributed by atoms with van der Waals surface area (Å²) in [5, 5.41) is 4.17. The van der Waals surface area contributed by atoms with Crippen molar-refractivity contribution in [2.75, 3.05) is 6.61 Å². The fourth-order valence-electron chi connectivity index (χ4n) is 4.83. The summed E-state index contributed by atoms with van der Waals surface area (Å²) < 4.78 is 85.9. The first-order chi connectivity index (χ1) is 19.3. The van der Waals surface area contributed by atoms with Crippen molar-refractivity contribution < 1.29 is 45.5 Å². The van der Waals surface area contributed by atoms with Gasteiger partial charge in [0.2, 0.25) is 0 Å². The molecule has 2 aliphatic rings. The number of aromatic nitrogens is 2. The molecule has 2 aromatic carbocycles. The minimum atomic E-state index is -5.01. The number of carbonyl (C=O) groups excluding carboxylic acids is 3. The average molecular weight is 598 g/mol. The van der Waals surface area contributed by atoms with Gasteiger partial charge >= 0.3 is 18.3 Å². The lowest BCUT2D eigenvalue weighted by Crippen LogP contribution is -2.49. The van der Waals surface area contributed by atoms with E-state index < -0.39 is 47.2 Å². The number of benzene rings is 2. The van der Waals surface area contributed by atoms with Crippen LogP contribution in [0.3, 0.4) is 0 Å². The number of fused-ring (bicyclic) bond motifs is 1. The predicted octanol–water partition coefficient (Wildman–Crippen LogP) is 6.50. The molecule has 3 aromatic rings. The standard InChI is InChI=1S/C27H21F6N3O4S/c1-2-40-24(38)16-9-19(10-16)36-23(37)22(41-25(36)39)8-14-3-6-21-17(7-14)12-34-35(21)13-15-4-5-18(26(28,29)30)11-20(15)27(31,32)33/h3-8,11-12,16,19H,2,9-10,13H2,1H3/b22-8-. The number of halogens is 6. The Morgan fingerprint density at radius 1 is 1.07 bits per heavy atom. The summed E-state index contributed by atoms with van der Waals surface area (Å²) in [4.78, 5) is 38.7. The molecule has 0 atom stereocenters. The van der Waals surface area contributed by atoms with Gasteiger partial charge < -0.3 is 4.74 Å². The Bertz CT molecular complexity index is 1570. The van der Waals surface area contributed by atoms with Crippen LogP contribution in [0, 0.1) is 5.92 Å². The zero-order valence-electron chi connectivity index (χ0n) is 21.3. The van der Waals surface area contributed by atoms with Gasteiger partial charge in [-0.1, -0.05) is 12.1 Å². The van der Waals surface area contributed by atoms with E-state index in [0.717, 1.165) is 22.7 Å². The van der Waals surface area contributed by atoms with E-state index in [9.17, 15) is 40.7 Å². The number of thioether (sulfide) groups is 1. The summed E-state index contributed by atoms with van der Waals surface area (Å²) in [7, 11) is 0. The molecule has 7 nitrogen and oxygen atoms in total. The largest absolute Gasteiger partial charge is 0.466 e. The molecular formula is C27H21F6N3O4S. The molecule has 5 rings (SSSR count). The first-order valence-corrected chi connectivity index (χ1v) is 13.2. The monoisotopic (exact) mass is 597 g/mol. The number of hydrogen-bond donors (Lipinski definition) is 0. The molecule has 1 aliphatic heterocycles. The Labute approximate surface area is 233 Å². The third kappa shape index (κ3) is 5.69. The highest BCUT2D eigenvalue weighted by Crippen LogP contribution is 2.42. The zero-order chi connectivity index (χ0) is 29.7. The highest BCUT2D eigenvalue weighted by Gasteiger charge is 2.47. The number of imide groups is 1. The van der Waals surface area contributed by atoms with Crippen LogP contribution in [0.25, 0.3) is 17.0 Å². The second-order valence-corrected chi connectivity index (χ2v) is 10.6. The molecule has 0 bridgehead atoms. The molecule has 2 fully saturated rings. The quantitative estimate of drug-likeness (QED) is 0.183. The van der Waals surface area contributed by atoms with Gasteiger partial charge in [0.1, 0.15) is 0 Å². The fourth-order valence-corrected chi connectivity index (χ4v) is 5.73. The maximum atomic E-state index is 13.6. The van der Waals surface area contributed by atoms with Crippen LogP contribution in [0.15, 0.2) is 47.5 Å². The zero-order valence-corrected chi connectivity index (χ0v) is 22.1. The van der Waals surface area contributed by atoms with Crippen LogP contribution in [0.5, 0.6) is 0 Å². The van der Waals surface area contributed by atoms with Gasteiger partial charge in [-0.15, -0.1) is 0 Å². The Balaban J connectivity index is 1.34. The minimum absolute atomic E-state index is 0.0900. The molecule has 0 radical (unpaired) electrons. The smallest absolute Gasteiger partial charge is 0.416 e. The van der Waals surface area contributed by atoms with E-state index in [0.29, 0.717) is 35.4 Å². The summed E-state index contributed by atoms with van der Waals surface area (Å²) in [6.07, 6.45) is -6.35. The maximum Gasteiger partial charge on any atom is 0.416 e. The van der Waals surface area contributed by atoms with E-state index in [2.05, 4.69) is 5.10 Å². The van der Waals surface area contributed by atoms with Crippen LogP contribution < -0.4 is 0 Å². The molecule has 1 aliphatic carbocycles. The summed E-state index contributed by atoms with van der Waals surface area (Å²) in [6, 6.07) is 5.87. The number of hydrogen-bond acceptors (Lipinski definition) is 6. The van der Waals surface area contributed by atoms with Crippen molar-refractivity contribution in [3.8, 4) is 0 Å². The average Bonchev–Trinajstić information content (AvgIpc) is 3.37. The lowest BCUT2D eigenvalue weighted by molar-refractivity contribution is -0.154. The van der Waals surface area contributed by atoms with Gasteiger partial charge in [0, 0.05) is 11.4 Å². The van der Waals surface area contributed by atoms with Crippen LogP contribution in [-0.2, 0) is 33.2 Å². The Kier molecular flexibility index (Phi) is 7.38. The molecule has 1 saturated heterocycles. The number of amides is 2. The summed E-state index contributed by atoms with van der Waals surface area (Å²) in [5.41, 5.74) is -2.23. The SMILES string of the molecule is CCOC(=O)C1CC(N2C(=O)S/C(=C\c3ccc4c(cnn4Cc4ccc(C(F)(F)F)cc4C(F)(F)F)c3)C2=O)C1. The number of alkyl halides is 6. The number of carbonyl (C=O) groups is 3. The normalized spacial score (nSPS) is 20.7. The minimum Gasteiger partial charge on any atom is -0.466 e. The van der Waals surface area contributed by atoms with Crippen LogP contribution in [0.2, 0.25) is 0 Å². The second-order valence-electron chi connectivity index (χ2n) is 9.61. The van der Waals surface area contributed by atoms with Gasteiger partial charge in [-0.3, -0.25) is 24.0 Å². The molecular weight excluding hydrogens is 576 g/mol. The van der Waals surface area contributed by atoms with Gasteiger partial charge in [0.25, 0.3) is 11.1 Å². The van der Waals surface area contributed by atoms with Gasteiger partial charge in [0.15, 0.2) is 0 Å². The number of ether oxygens (including phenoxy) is 1. The molecule has 1 saturated carbocycles. The van der Waals surface area contributed by atoms with E-state index in [1.807, 2.05) is 0 Å². The third-order valence-electron chi connectivity index (χ3n) is 6.95. The van der Waals surface area contributed by atoms with Gasteiger partial charge in [-0.25, -0.2) is 0 Å². The van der Waals surface area contributed by atoms with E-state index >= 15 is 0 Å². The Morgan fingerprint density at radius 2 is 1.80 bits per heavy atom. The van der Waals surface area contributed by atoms with Crippen LogP contribution >= 0.6 is 11.8 Å². The van der Waals surface area contributed by atoms with Crippen molar-refractivity contribution in [3.63, 3.8) is 0 Å². The highest BCUT2D eigenvalue weighted by molar-refractivity contribution is 8.18. The number of rotatable bonds is 6. The van der Waals surface area contributed by atoms with E-state index in [4.69, 9.17) is 4.74 Å². The Hall–Kier alpha value is -3.81. The van der Waals surface area contributed by atoms with E-state index in [1.165, 1.54) is 17.0 Å². The van der Waals surface area contributed by atoms with Crippen molar-refractivity contribution in [2.45, 2.75) is 44.7 Å². The number of nitrogens with zero attached hydrogens (tertiary/aromatic N) is 3. The third-order valence-corrected chi connectivity index (χ3v) is 7.83. The molecule has 14 heteroatoms. The molecule has 0 N–H and O–H groups in total. The Morgan fingerprint density at radius 3 is 2.46 bits per heavy atom. The summed E-state index contributed by atoms with van der Waals surface area (Å²) in [5.74, 6) is -1.19. The van der Waals surface area contributed by atoms with E-state index in [-0.39, 0.29) is 35.0 Å². The van der Waals surface area contributed by atoms with Crippen molar-refractivity contribution in [1.82, 2.24) is 14.7 Å². The van der Waals surface area contributed by atoms with Crippen LogP contribution in [-0.4, -0.2) is 44.4 Å². The molecule has 1 aromatic heterocycles. The molecule has 216 valence electrons. The van der Waals surface area contributed by atoms with Crippen LogP contribution in [0.1, 0.15) is 42.0 Å². The number of esters is 1. The van der Waals surface area contributed by atoms with Crippen molar-refractivity contribution in [2.24, 2.45) is 5.92 Å². The van der Waals surface area contributed by atoms with Crippen molar-refractivity contribution in [1.29, 1.82) is 0 Å². The molecule has 2 heterocycles. The second kappa shape index (κ2) is 10.5. The predicted molar refractivity (Wildman–Crippen MR) is 136 cm³/mol. The summed E-state index contributed by atoms with van der Waals surface area (Å²) >= 11 is 0.768. The van der Waals surface area contributed by atoms with Crippen molar-refractivity contribution in [3.05, 3.63) is 69.8 Å². The van der Waals surface area contributed by atoms with E-state index in [1.54, 1.807) is 25.1 Å². The molecule has 2 amide bonds. The van der Waals surface area contributed by atoms with Crippen molar-refractivity contribution >= 4 is 45.9 Å². The van der Waals surface area contributed by atoms with Gasteiger partial charge in [-0.2, -0.15) is 31.4 Å². The lowest BCUT2D eigenvalue weighted by Gasteiger charge is -2.37. The highest BCUT2D eigenvalue weighted by atomic mass is 32.2. The lowest BCUT2D eigenvalue weighted by atomic mass is 9.79. The first kappa shape index (κ1) is 28.7. The summed E-state index contributed by atoms with van der Waals surface area (Å²) in [6.45, 7) is 1.51. The van der Waals surface area contributed by atoms with Gasteiger partial charge in [0.05, 0.1) is 46.8 Å². The first-order valence-electron chi connectivity index (χ1n) is 12.4. The molecule has 41 heavy (non-hydrogen) atoms. The maximum absolute atomic E-state index is 13.6.